The lowest BCUT2D eigenvalue weighted by Crippen LogP contribution is -2.30. The Morgan fingerprint density at radius 3 is 2.47 bits per heavy atom. The number of benzene rings is 1. The molecule has 0 aliphatic rings. The molecule has 0 bridgehead atoms. The summed E-state index contributed by atoms with van der Waals surface area (Å²) in [4.78, 5) is 16.8. The molecule has 0 atom stereocenters. The van der Waals surface area contributed by atoms with Gasteiger partial charge in [0.2, 0.25) is 0 Å². The van der Waals surface area contributed by atoms with E-state index in [1.54, 1.807) is 0 Å². The van der Waals surface area contributed by atoms with Crippen molar-refractivity contribution in [3.8, 4) is 0 Å². The number of rotatable bonds is 4. The van der Waals surface area contributed by atoms with Gasteiger partial charge in [0.05, 0.1) is 6.42 Å². The van der Waals surface area contributed by atoms with Crippen LogP contribution in [0.25, 0.3) is 0 Å². The van der Waals surface area contributed by atoms with Gasteiger partial charge in [-0.3, -0.25) is 4.79 Å². The summed E-state index contributed by atoms with van der Waals surface area (Å²) in [5.41, 5.74) is 7.83. The first-order valence-electron chi connectivity index (χ1n) is 6.20. The van der Waals surface area contributed by atoms with E-state index in [0.717, 1.165) is 16.3 Å². The quantitative estimate of drug-likeness (QED) is 0.871. The van der Waals surface area contributed by atoms with Gasteiger partial charge in [-0.15, -0.1) is 11.3 Å². The molecule has 4 heteroatoms. The second-order valence-electron chi connectivity index (χ2n) is 5.23. The van der Waals surface area contributed by atoms with Crippen molar-refractivity contribution in [3.05, 3.63) is 45.9 Å². The number of nitrogen functional groups attached to an aromatic ring is 1. The molecular weight excluding hydrogens is 256 g/mol. The monoisotopic (exact) mass is 274 g/mol. The van der Waals surface area contributed by atoms with E-state index in [2.05, 4.69) is 4.98 Å². The highest BCUT2D eigenvalue weighted by atomic mass is 32.1. The van der Waals surface area contributed by atoms with E-state index in [0.29, 0.717) is 12.1 Å². The molecule has 0 unspecified atom stereocenters. The average Bonchev–Trinajstić information content (AvgIpc) is 2.75. The smallest absolute Gasteiger partial charge is 0.149 e. The van der Waals surface area contributed by atoms with E-state index in [1.165, 1.54) is 11.3 Å². The van der Waals surface area contributed by atoms with E-state index >= 15 is 0 Å². The topological polar surface area (TPSA) is 56.0 Å². The molecule has 0 fully saturated rings. The maximum Gasteiger partial charge on any atom is 0.149 e. The third kappa shape index (κ3) is 3.01. The summed E-state index contributed by atoms with van der Waals surface area (Å²) in [6, 6.07) is 7.50. The van der Waals surface area contributed by atoms with Gasteiger partial charge in [-0.25, -0.2) is 4.98 Å². The van der Waals surface area contributed by atoms with Crippen molar-refractivity contribution in [2.75, 3.05) is 5.73 Å². The Hall–Kier alpha value is -1.68. The molecule has 0 radical (unpaired) electrons. The zero-order valence-electron chi connectivity index (χ0n) is 11.4. The highest BCUT2D eigenvalue weighted by molar-refractivity contribution is 7.09. The first-order valence-corrected chi connectivity index (χ1v) is 7.08. The second kappa shape index (κ2) is 5.13. The molecule has 0 saturated carbocycles. The second-order valence-corrected chi connectivity index (χ2v) is 6.17. The molecule has 0 spiro atoms. The fraction of sp³-hybridized carbons (Fsp3) is 0.333. The Labute approximate surface area is 117 Å². The van der Waals surface area contributed by atoms with Crippen molar-refractivity contribution >= 4 is 22.8 Å². The van der Waals surface area contributed by atoms with Gasteiger partial charge >= 0.3 is 0 Å². The van der Waals surface area contributed by atoms with Crippen LogP contribution in [0.3, 0.4) is 0 Å². The maximum atomic E-state index is 12.5. The van der Waals surface area contributed by atoms with Gasteiger partial charge in [-0.05, 0) is 38.5 Å². The van der Waals surface area contributed by atoms with Crippen molar-refractivity contribution in [2.45, 2.75) is 32.6 Å². The van der Waals surface area contributed by atoms with Crippen LogP contribution in [0, 0.1) is 6.92 Å². The lowest BCUT2D eigenvalue weighted by atomic mass is 9.79. The highest BCUT2D eigenvalue weighted by Gasteiger charge is 2.29. The highest BCUT2D eigenvalue weighted by Crippen LogP contribution is 2.27. The number of hydrogen-bond acceptors (Lipinski definition) is 4. The van der Waals surface area contributed by atoms with Gasteiger partial charge in [-0.2, -0.15) is 0 Å². The summed E-state index contributed by atoms with van der Waals surface area (Å²) >= 11 is 1.54. The van der Waals surface area contributed by atoms with Gasteiger partial charge in [0.25, 0.3) is 0 Å². The third-order valence-corrected chi connectivity index (χ3v) is 4.27. The number of aromatic nitrogens is 1. The number of thiazole rings is 1. The number of aryl methyl sites for hydroxylation is 1. The Balaban J connectivity index is 2.19. The average molecular weight is 274 g/mol. The molecule has 0 amide bonds. The van der Waals surface area contributed by atoms with Crippen LogP contribution in [0.15, 0.2) is 29.6 Å². The summed E-state index contributed by atoms with van der Waals surface area (Å²) in [6.07, 6.45) is 0.385. The van der Waals surface area contributed by atoms with E-state index in [9.17, 15) is 4.79 Å². The molecule has 100 valence electrons. The van der Waals surface area contributed by atoms with Crippen molar-refractivity contribution in [2.24, 2.45) is 0 Å². The van der Waals surface area contributed by atoms with E-state index in [-0.39, 0.29) is 5.78 Å². The minimum atomic E-state index is -0.521. The fourth-order valence-electron chi connectivity index (χ4n) is 1.90. The maximum absolute atomic E-state index is 12.5. The van der Waals surface area contributed by atoms with Crippen LogP contribution < -0.4 is 5.73 Å². The molecule has 1 aromatic carbocycles. The third-order valence-electron chi connectivity index (χ3n) is 3.31. The minimum Gasteiger partial charge on any atom is -0.399 e. The Morgan fingerprint density at radius 2 is 1.95 bits per heavy atom. The number of nitrogens with zero attached hydrogens (tertiary/aromatic N) is 1. The van der Waals surface area contributed by atoms with E-state index in [1.807, 2.05) is 50.4 Å². The molecule has 0 aliphatic carbocycles. The zero-order valence-corrected chi connectivity index (χ0v) is 12.3. The van der Waals surface area contributed by atoms with Crippen molar-refractivity contribution < 1.29 is 4.79 Å². The predicted octanol–water partition coefficient (Wildman–Crippen LogP) is 3.12. The Morgan fingerprint density at radius 1 is 1.32 bits per heavy atom. The largest absolute Gasteiger partial charge is 0.399 e. The van der Waals surface area contributed by atoms with Gasteiger partial charge in [0, 0.05) is 22.2 Å². The van der Waals surface area contributed by atoms with E-state index in [4.69, 9.17) is 5.73 Å². The molecule has 1 heterocycles. The number of hydrogen-bond donors (Lipinski definition) is 1. The summed E-state index contributed by atoms with van der Waals surface area (Å²) in [7, 11) is 0. The number of ketones is 1. The molecule has 19 heavy (non-hydrogen) atoms. The molecule has 0 aliphatic heterocycles. The van der Waals surface area contributed by atoms with Crippen LogP contribution >= 0.6 is 11.3 Å². The molecule has 2 rings (SSSR count). The van der Waals surface area contributed by atoms with Crippen LogP contribution in [-0.2, 0) is 16.6 Å². The molecule has 2 aromatic rings. The first-order chi connectivity index (χ1) is 8.89. The number of carbonyl (C=O) groups is 1. The van der Waals surface area contributed by atoms with Gasteiger partial charge in [0.15, 0.2) is 0 Å². The minimum absolute atomic E-state index is 0.173. The summed E-state index contributed by atoms with van der Waals surface area (Å²) in [6.45, 7) is 5.83. The summed E-state index contributed by atoms with van der Waals surface area (Å²) < 4.78 is 0. The summed E-state index contributed by atoms with van der Waals surface area (Å²) in [5.74, 6) is 0.173. The molecule has 1 aromatic heterocycles. The van der Waals surface area contributed by atoms with Crippen molar-refractivity contribution in [1.29, 1.82) is 0 Å². The Kier molecular flexibility index (Phi) is 3.71. The number of Topliss-reactive ketones (excluding diaryl/α,β-unsaturated/α-hetero) is 1. The van der Waals surface area contributed by atoms with Crippen molar-refractivity contribution in [1.82, 2.24) is 4.98 Å². The number of nitrogens with two attached hydrogens (primary N) is 1. The zero-order chi connectivity index (χ0) is 14.0. The van der Waals surface area contributed by atoms with E-state index < -0.39 is 5.41 Å². The van der Waals surface area contributed by atoms with Crippen LogP contribution in [0.2, 0.25) is 0 Å². The standard InChI is InChI=1S/C15H18N2OS/c1-10-9-19-14(17-10)8-13(18)15(2,3)11-4-6-12(16)7-5-11/h4-7,9H,8,16H2,1-3H3. The molecule has 2 N–H and O–H groups in total. The lowest BCUT2D eigenvalue weighted by molar-refractivity contribution is -0.122. The molecule has 3 nitrogen and oxygen atoms in total. The van der Waals surface area contributed by atoms with Gasteiger partial charge in [0.1, 0.15) is 10.8 Å². The first kappa shape index (κ1) is 13.7. The number of carbonyl (C=O) groups excluding carboxylic acids is 1. The van der Waals surface area contributed by atoms with Crippen LogP contribution in [0.5, 0.6) is 0 Å². The van der Waals surface area contributed by atoms with Gasteiger partial charge < -0.3 is 5.73 Å². The van der Waals surface area contributed by atoms with Crippen LogP contribution in [0.1, 0.15) is 30.1 Å². The summed E-state index contributed by atoms with van der Waals surface area (Å²) in [5, 5.41) is 2.85. The van der Waals surface area contributed by atoms with Crippen molar-refractivity contribution in [3.63, 3.8) is 0 Å². The predicted molar refractivity (Wildman–Crippen MR) is 79.4 cm³/mol. The van der Waals surface area contributed by atoms with Gasteiger partial charge in [-0.1, -0.05) is 12.1 Å². The Bertz CT molecular complexity index is 584. The normalized spacial score (nSPS) is 11.5. The van der Waals surface area contributed by atoms with Crippen LogP contribution in [0.4, 0.5) is 5.69 Å². The lowest BCUT2D eigenvalue weighted by Gasteiger charge is -2.23. The van der Waals surface area contributed by atoms with Crippen LogP contribution in [-0.4, -0.2) is 10.8 Å². The SMILES string of the molecule is Cc1csc(CC(=O)C(C)(C)c2ccc(N)cc2)n1. The fourth-order valence-corrected chi connectivity index (χ4v) is 2.67. The molecule has 0 saturated heterocycles. The number of anilines is 1. The molecular formula is C15H18N2OS.